The summed E-state index contributed by atoms with van der Waals surface area (Å²) in [5, 5.41) is 9.83. The van der Waals surface area contributed by atoms with Crippen LogP contribution in [0.25, 0.3) is 0 Å². The molecule has 0 unspecified atom stereocenters. The zero-order chi connectivity index (χ0) is 13.4. The van der Waals surface area contributed by atoms with Crippen molar-refractivity contribution in [1.29, 1.82) is 0 Å². The zero-order valence-electron chi connectivity index (χ0n) is 9.79. The predicted molar refractivity (Wildman–Crippen MR) is 59.4 cm³/mol. The van der Waals surface area contributed by atoms with Crippen LogP contribution < -0.4 is 9.64 Å². The fraction of sp³-hybridized carbons (Fsp3) is 0.500. The van der Waals surface area contributed by atoms with E-state index in [1.165, 1.54) is 18.2 Å². The first-order valence-electron chi connectivity index (χ1n) is 5.50. The molecule has 1 saturated heterocycles. The minimum absolute atomic E-state index is 0.265. The summed E-state index contributed by atoms with van der Waals surface area (Å²) in [5.41, 5.74) is -0.585. The number of anilines is 1. The molecule has 0 spiro atoms. The Kier molecular flexibility index (Phi) is 3.14. The number of halogens is 3. The predicted octanol–water partition coefficient (Wildman–Crippen LogP) is 2.35. The van der Waals surface area contributed by atoms with Gasteiger partial charge in [-0.2, -0.15) is 0 Å². The van der Waals surface area contributed by atoms with E-state index < -0.39 is 12.0 Å². The van der Waals surface area contributed by atoms with Crippen LogP contribution in [0, 0.1) is 6.07 Å². The average molecular weight is 260 g/mol. The molecule has 0 saturated carbocycles. The number of hydrogen-bond acceptors (Lipinski definition) is 3. The minimum Gasteiger partial charge on any atom is -0.404 e. The van der Waals surface area contributed by atoms with Crippen molar-refractivity contribution >= 4 is 5.69 Å². The Labute approximate surface area is 103 Å². The van der Waals surface area contributed by atoms with E-state index >= 15 is 0 Å². The first-order valence-corrected chi connectivity index (χ1v) is 5.50. The number of β-amino-alcohol motifs (C(OH)–C–C–N with tert-alkyl or cyclic N) is 1. The highest BCUT2D eigenvalue weighted by Crippen LogP contribution is 2.35. The third kappa shape index (κ3) is 3.07. The van der Waals surface area contributed by atoms with Crippen LogP contribution in [0.15, 0.2) is 18.2 Å². The smallest absolute Gasteiger partial charge is 0.404 e. The number of aliphatic hydroxyl groups is 1. The van der Waals surface area contributed by atoms with Gasteiger partial charge in [0.1, 0.15) is 0 Å². The van der Waals surface area contributed by atoms with E-state index in [1.807, 2.05) is 0 Å². The van der Waals surface area contributed by atoms with E-state index in [9.17, 15) is 18.3 Å². The normalized spacial score (nSPS) is 24.4. The van der Waals surface area contributed by atoms with E-state index in [1.54, 1.807) is 11.8 Å². The molecule has 2 rings (SSSR count). The van der Waals surface area contributed by atoms with Crippen LogP contribution in [0.3, 0.4) is 0 Å². The molecule has 0 bridgehead atoms. The molecule has 3 nitrogen and oxygen atoms in total. The van der Waals surface area contributed by atoms with Gasteiger partial charge in [0.15, 0.2) is 5.75 Å². The Hall–Kier alpha value is -1.43. The van der Waals surface area contributed by atoms with Gasteiger partial charge in [0.05, 0.1) is 11.3 Å². The van der Waals surface area contributed by atoms with Crippen molar-refractivity contribution < 1.29 is 23.0 Å². The Morgan fingerprint density at radius 3 is 2.78 bits per heavy atom. The largest absolute Gasteiger partial charge is 0.573 e. The molecule has 1 aliphatic heterocycles. The Morgan fingerprint density at radius 1 is 1.50 bits per heavy atom. The topological polar surface area (TPSA) is 32.7 Å². The van der Waals surface area contributed by atoms with Gasteiger partial charge < -0.3 is 14.7 Å². The highest BCUT2D eigenvalue weighted by atomic mass is 19.4. The third-order valence-corrected chi connectivity index (χ3v) is 2.82. The minimum atomic E-state index is -4.72. The van der Waals surface area contributed by atoms with Crippen LogP contribution in [-0.2, 0) is 0 Å². The van der Waals surface area contributed by atoms with Crippen LogP contribution in [0.5, 0.6) is 5.75 Å². The molecule has 1 aliphatic rings. The van der Waals surface area contributed by atoms with Gasteiger partial charge in [-0.15, -0.1) is 13.2 Å². The van der Waals surface area contributed by atoms with E-state index in [0.717, 1.165) is 0 Å². The number of alkyl halides is 3. The van der Waals surface area contributed by atoms with Crippen molar-refractivity contribution in [3.63, 3.8) is 0 Å². The lowest BCUT2D eigenvalue weighted by molar-refractivity contribution is -0.274. The summed E-state index contributed by atoms with van der Waals surface area (Å²) in [7, 11) is 0. The maximum absolute atomic E-state index is 12.3. The molecule has 1 aromatic rings. The van der Waals surface area contributed by atoms with Gasteiger partial charge >= 0.3 is 6.36 Å². The van der Waals surface area contributed by atoms with Crippen LogP contribution in [-0.4, -0.2) is 30.2 Å². The zero-order valence-corrected chi connectivity index (χ0v) is 9.79. The van der Waals surface area contributed by atoms with Gasteiger partial charge in [-0.05, 0) is 31.5 Å². The van der Waals surface area contributed by atoms with Crippen LogP contribution in [0.1, 0.15) is 13.3 Å². The molecule has 1 heterocycles. The summed E-state index contributed by atoms with van der Waals surface area (Å²) in [5.74, 6) is -0.265. The SMILES string of the molecule is C[C@@]1(O)CCN(c2c[c]ccc2OC(F)(F)F)C1. The lowest BCUT2D eigenvalue weighted by Gasteiger charge is -2.23. The number of ether oxygens (including phenoxy) is 1. The van der Waals surface area contributed by atoms with Gasteiger partial charge in [-0.25, -0.2) is 0 Å². The number of benzene rings is 1. The first kappa shape index (κ1) is 13.0. The summed E-state index contributed by atoms with van der Waals surface area (Å²) in [6.45, 7) is 2.42. The molecule has 0 aliphatic carbocycles. The van der Waals surface area contributed by atoms with Gasteiger partial charge in [0, 0.05) is 13.1 Å². The van der Waals surface area contributed by atoms with Crippen LogP contribution in [0.4, 0.5) is 18.9 Å². The maximum atomic E-state index is 12.3. The van der Waals surface area contributed by atoms with Crippen molar-refractivity contribution in [2.45, 2.75) is 25.3 Å². The summed E-state index contributed by atoms with van der Waals surface area (Å²) in [6.07, 6.45) is -4.22. The second-order valence-electron chi connectivity index (χ2n) is 4.61. The number of nitrogens with zero attached hydrogens (tertiary/aromatic N) is 1. The summed E-state index contributed by atoms with van der Waals surface area (Å²) in [6, 6.07) is 6.73. The van der Waals surface area contributed by atoms with Gasteiger partial charge in [0.25, 0.3) is 0 Å². The van der Waals surface area contributed by atoms with Crippen molar-refractivity contribution in [2.75, 3.05) is 18.0 Å². The van der Waals surface area contributed by atoms with E-state index in [-0.39, 0.29) is 12.3 Å². The Balaban J connectivity index is 2.23. The average Bonchev–Trinajstić information content (AvgIpc) is 2.57. The molecule has 0 aromatic heterocycles. The lowest BCUT2D eigenvalue weighted by atomic mass is 10.1. The first-order chi connectivity index (χ1) is 8.27. The molecule has 1 N–H and O–H groups in total. The molecular formula is C12H13F3NO2. The van der Waals surface area contributed by atoms with Crippen molar-refractivity contribution in [3.8, 4) is 5.75 Å². The summed E-state index contributed by atoms with van der Waals surface area (Å²) < 4.78 is 40.8. The molecule has 1 atom stereocenters. The van der Waals surface area contributed by atoms with Crippen molar-refractivity contribution in [1.82, 2.24) is 0 Å². The van der Waals surface area contributed by atoms with Crippen molar-refractivity contribution in [2.24, 2.45) is 0 Å². The monoisotopic (exact) mass is 260 g/mol. The van der Waals surface area contributed by atoms with E-state index in [2.05, 4.69) is 10.8 Å². The summed E-state index contributed by atoms with van der Waals surface area (Å²) in [4.78, 5) is 1.66. The maximum Gasteiger partial charge on any atom is 0.573 e. The molecule has 18 heavy (non-hydrogen) atoms. The van der Waals surface area contributed by atoms with Crippen LogP contribution in [0.2, 0.25) is 0 Å². The molecule has 1 aromatic carbocycles. The van der Waals surface area contributed by atoms with Gasteiger partial charge in [0.2, 0.25) is 0 Å². The van der Waals surface area contributed by atoms with Crippen molar-refractivity contribution in [3.05, 3.63) is 24.3 Å². The van der Waals surface area contributed by atoms with Crippen LogP contribution >= 0.6 is 0 Å². The third-order valence-electron chi connectivity index (χ3n) is 2.82. The van der Waals surface area contributed by atoms with Gasteiger partial charge in [-0.3, -0.25) is 0 Å². The summed E-state index contributed by atoms with van der Waals surface area (Å²) >= 11 is 0. The number of rotatable bonds is 2. The molecule has 1 fully saturated rings. The Bertz CT molecular complexity index is 432. The standard InChI is InChI=1S/C12H13F3NO2/c1-11(17)6-7-16(8-11)9-4-2-3-5-10(9)18-12(13,14)15/h3-5,17H,6-8H2,1H3/t11-/m1/s1. The molecule has 99 valence electrons. The molecule has 1 radical (unpaired) electrons. The Morgan fingerprint density at radius 2 is 2.22 bits per heavy atom. The van der Waals surface area contributed by atoms with Gasteiger partial charge in [-0.1, -0.05) is 6.07 Å². The number of hydrogen-bond donors (Lipinski definition) is 1. The fourth-order valence-electron chi connectivity index (χ4n) is 2.02. The highest BCUT2D eigenvalue weighted by Gasteiger charge is 2.36. The second kappa shape index (κ2) is 4.35. The quantitative estimate of drug-likeness (QED) is 0.886. The molecular weight excluding hydrogens is 247 g/mol. The van der Waals surface area contributed by atoms with E-state index in [4.69, 9.17) is 0 Å². The fourth-order valence-corrected chi connectivity index (χ4v) is 2.02. The lowest BCUT2D eigenvalue weighted by Crippen LogP contribution is -2.30. The molecule has 0 amide bonds. The second-order valence-corrected chi connectivity index (χ2v) is 4.61. The highest BCUT2D eigenvalue weighted by molar-refractivity contribution is 5.59. The molecule has 6 heteroatoms. The van der Waals surface area contributed by atoms with E-state index in [0.29, 0.717) is 18.7 Å².